The highest BCUT2D eigenvalue weighted by Crippen LogP contribution is 2.39. The van der Waals surface area contributed by atoms with E-state index in [1.165, 1.54) is 16.4 Å². The van der Waals surface area contributed by atoms with Gasteiger partial charge in [0.25, 0.3) is 0 Å². The molecule has 0 spiro atoms. The lowest BCUT2D eigenvalue weighted by Crippen LogP contribution is -2.33. The standard InChI is InChI=1S/C14H19FN2O2S.ClH/c1-9-2-4-12(15)14(6-9)20(18,19)17-7-10-3-5-13(16)11(10)8-17;/h2,4,6,10-11,13H,3,5,7-8,16H2,1H3;1H. The average Bonchev–Trinajstić information content (AvgIpc) is 2.95. The summed E-state index contributed by atoms with van der Waals surface area (Å²) in [6, 6.07) is 4.26. The Bertz CT molecular complexity index is 638. The first kappa shape index (κ1) is 16.7. The molecule has 21 heavy (non-hydrogen) atoms. The number of hydrogen-bond donors (Lipinski definition) is 1. The highest BCUT2D eigenvalue weighted by atomic mass is 35.5. The molecule has 0 amide bonds. The minimum atomic E-state index is -3.75. The van der Waals surface area contributed by atoms with Crippen molar-refractivity contribution in [1.29, 1.82) is 0 Å². The van der Waals surface area contributed by atoms with Crippen LogP contribution in [-0.4, -0.2) is 31.9 Å². The van der Waals surface area contributed by atoms with E-state index < -0.39 is 15.8 Å². The van der Waals surface area contributed by atoms with E-state index in [4.69, 9.17) is 5.73 Å². The van der Waals surface area contributed by atoms with Crippen molar-refractivity contribution in [2.24, 2.45) is 17.6 Å². The third-order valence-corrected chi connectivity index (χ3v) is 6.43. The molecule has 3 rings (SSSR count). The van der Waals surface area contributed by atoms with Gasteiger partial charge >= 0.3 is 0 Å². The fraction of sp³-hybridized carbons (Fsp3) is 0.571. The van der Waals surface area contributed by atoms with Crippen molar-refractivity contribution in [3.05, 3.63) is 29.6 Å². The number of nitrogens with two attached hydrogens (primary N) is 1. The Morgan fingerprint density at radius 2 is 2.00 bits per heavy atom. The predicted octanol–water partition coefficient (Wildman–Crippen LogP) is 1.91. The van der Waals surface area contributed by atoms with Crippen LogP contribution in [0.5, 0.6) is 0 Å². The zero-order valence-electron chi connectivity index (χ0n) is 11.8. The summed E-state index contributed by atoms with van der Waals surface area (Å²) in [6.07, 6.45) is 1.93. The van der Waals surface area contributed by atoms with Crippen LogP contribution in [0.4, 0.5) is 4.39 Å². The summed E-state index contributed by atoms with van der Waals surface area (Å²) in [7, 11) is -3.75. The molecule has 0 bridgehead atoms. The van der Waals surface area contributed by atoms with Gasteiger partial charge in [-0.2, -0.15) is 4.31 Å². The zero-order chi connectivity index (χ0) is 14.5. The lowest BCUT2D eigenvalue weighted by atomic mass is 9.98. The van der Waals surface area contributed by atoms with E-state index in [9.17, 15) is 12.8 Å². The smallest absolute Gasteiger partial charge is 0.246 e. The molecule has 3 atom stereocenters. The second kappa shape index (κ2) is 5.83. The molecule has 0 radical (unpaired) electrons. The van der Waals surface area contributed by atoms with Gasteiger partial charge in [0, 0.05) is 19.1 Å². The molecule has 1 aromatic carbocycles. The van der Waals surface area contributed by atoms with Gasteiger partial charge in [-0.3, -0.25) is 0 Å². The van der Waals surface area contributed by atoms with Gasteiger partial charge in [-0.1, -0.05) is 6.07 Å². The maximum absolute atomic E-state index is 13.9. The van der Waals surface area contributed by atoms with Crippen molar-refractivity contribution >= 4 is 22.4 Å². The molecule has 1 aliphatic carbocycles. The molecule has 4 nitrogen and oxygen atoms in total. The molecule has 1 saturated heterocycles. The van der Waals surface area contributed by atoms with E-state index in [0.717, 1.165) is 18.4 Å². The molecule has 1 saturated carbocycles. The van der Waals surface area contributed by atoms with E-state index in [-0.39, 0.29) is 29.3 Å². The fourth-order valence-corrected chi connectivity index (χ4v) is 5.09. The van der Waals surface area contributed by atoms with Crippen LogP contribution in [0.15, 0.2) is 23.1 Å². The van der Waals surface area contributed by atoms with Gasteiger partial charge in [0.15, 0.2) is 0 Å². The van der Waals surface area contributed by atoms with Crippen LogP contribution in [0, 0.1) is 24.6 Å². The molecule has 2 fully saturated rings. The molecular weight excluding hydrogens is 315 g/mol. The van der Waals surface area contributed by atoms with E-state index >= 15 is 0 Å². The van der Waals surface area contributed by atoms with Gasteiger partial charge in [-0.05, 0) is 49.3 Å². The maximum Gasteiger partial charge on any atom is 0.246 e. The van der Waals surface area contributed by atoms with E-state index in [1.807, 2.05) is 0 Å². The lowest BCUT2D eigenvalue weighted by Gasteiger charge is -2.19. The second-order valence-electron chi connectivity index (χ2n) is 5.92. The van der Waals surface area contributed by atoms with Crippen LogP contribution in [0.1, 0.15) is 18.4 Å². The van der Waals surface area contributed by atoms with Crippen LogP contribution in [0.25, 0.3) is 0 Å². The molecule has 118 valence electrons. The molecule has 0 aromatic heterocycles. The molecule has 2 N–H and O–H groups in total. The Hall–Kier alpha value is -0.690. The van der Waals surface area contributed by atoms with Crippen molar-refractivity contribution in [2.75, 3.05) is 13.1 Å². The maximum atomic E-state index is 13.9. The fourth-order valence-electron chi connectivity index (χ4n) is 3.41. The van der Waals surface area contributed by atoms with Crippen molar-refractivity contribution in [3.8, 4) is 0 Å². The first-order chi connectivity index (χ1) is 9.39. The third kappa shape index (κ3) is 2.82. The van der Waals surface area contributed by atoms with E-state index in [2.05, 4.69) is 0 Å². The number of rotatable bonds is 2. The van der Waals surface area contributed by atoms with E-state index in [1.54, 1.807) is 13.0 Å². The van der Waals surface area contributed by atoms with Gasteiger partial charge in [0.1, 0.15) is 10.7 Å². The van der Waals surface area contributed by atoms with Crippen LogP contribution in [0.3, 0.4) is 0 Å². The van der Waals surface area contributed by atoms with Gasteiger partial charge in [-0.25, -0.2) is 12.8 Å². The van der Waals surface area contributed by atoms with Crippen molar-refractivity contribution in [1.82, 2.24) is 4.31 Å². The van der Waals surface area contributed by atoms with Crippen molar-refractivity contribution in [2.45, 2.75) is 30.7 Å². The first-order valence-electron chi connectivity index (χ1n) is 6.91. The summed E-state index contributed by atoms with van der Waals surface area (Å²) in [5.41, 5.74) is 6.76. The highest BCUT2D eigenvalue weighted by Gasteiger charge is 2.45. The zero-order valence-corrected chi connectivity index (χ0v) is 13.5. The van der Waals surface area contributed by atoms with Crippen LogP contribution < -0.4 is 5.73 Å². The van der Waals surface area contributed by atoms with Crippen LogP contribution >= 0.6 is 12.4 Å². The van der Waals surface area contributed by atoms with Gasteiger partial charge in [0.2, 0.25) is 10.0 Å². The number of hydrogen-bond acceptors (Lipinski definition) is 3. The molecule has 3 unspecified atom stereocenters. The second-order valence-corrected chi connectivity index (χ2v) is 7.83. The third-order valence-electron chi connectivity index (χ3n) is 4.58. The number of sulfonamides is 1. The molecule has 1 aliphatic heterocycles. The topological polar surface area (TPSA) is 63.4 Å². The summed E-state index contributed by atoms with van der Waals surface area (Å²) >= 11 is 0. The highest BCUT2D eigenvalue weighted by molar-refractivity contribution is 7.89. The average molecular weight is 335 g/mol. The number of fused-ring (bicyclic) bond motifs is 1. The Balaban J connectivity index is 0.00000161. The molecule has 1 aromatic rings. The Kier molecular flexibility index (Phi) is 4.63. The minimum absolute atomic E-state index is 0. The van der Waals surface area contributed by atoms with Crippen molar-refractivity contribution in [3.63, 3.8) is 0 Å². The lowest BCUT2D eigenvalue weighted by molar-refractivity contribution is 0.424. The molecule has 7 heteroatoms. The minimum Gasteiger partial charge on any atom is -0.327 e. The normalized spacial score (nSPS) is 29.2. The van der Waals surface area contributed by atoms with Crippen molar-refractivity contribution < 1.29 is 12.8 Å². The van der Waals surface area contributed by atoms with Gasteiger partial charge < -0.3 is 5.73 Å². The van der Waals surface area contributed by atoms with Gasteiger partial charge in [-0.15, -0.1) is 12.4 Å². The summed E-state index contributed by atoms with van der Waals surface area (Å²) in [5, 5.41) is 0. The van der Waals surface area contributed by atoms with E-state index in [0.29, 0.717) is 19.0 Å². The Labute approximate surface area is 131 Å². The number of aryl methyl sites for hydroxylation is 1. The quantitative estimate of drug-likeness (QED) is 0.898. The Morgan fingerprint density at radius 3 is 2.67 bits per heavy atom. The molecule has 2 aliphatic rings. The predicted molar refractivity (Wildman–Crippen MR) is 81.3 cm³/mol. The monoisotopic (exact) mass is 334 g/mol. The largest absolute Gasteiger partial charge is 0.327 e. The molecule has 1 heterocycles. The molecular formula is C14H20ClFN2O2S. The van der Waals surface area contributed by atoms with Crippen LogP contribution in [0.2, 0.25) is 0 Å². The SMILES string of the molecule is Cc1ccc(F)c(S(=O)(=O)N2CC3CCC(N)C3C2)c1.Cl. The summed E-state index contributed by atoms with van der Waals surface area (Å²) in [4.78, 5) is -0.217. The van der Waals surface area contributed by atoms with Gasteiger partial charge in [0.05, 0.1) is 0 Å². The number of nitrogens with zero attached hydrogens (tertiary/aromatic N) is 1. The number of halogens is 2. The summed E-state index contributed by atoms with van der Waals surface area (Å²) in [6.45, 7) is 2.64. The first-order valence-corrected chi connectivity index (χ1v) is 8.35. The summed E-state index contributed by atoms with van der Waals surface area (Å²) in [5.74, 6) is -0.137. The Morgan fingerprint density at radius 1 is 1.29 bits per heavy atom. The summed E-state index contributed by atoms with van der Waals surface area (Å²) < 4.78 is 40.4. The van der Waals surface area contributed by atoms with Crippen LogP contribution in [-0.2, 0) is 10.0 Å². The number of benzene rings is 1.